The predicted octanol–water partition coefficient (Wildman–Crippen LogP) is 1.20. The summed E-state index contributed by atoms with van der Waals surface area (Å²) in [5, 5.41) is 12.2. The SMILES string of the molecule is CC(C)c1n[nH]c(=S)n1CCNC(=O)CNC(=O)c1ccoc1. The minimum atomic E-state index is -0.354. The molecule has 2 rings (SSSR count). The largest absolute Gasteiger partial charge is 0.472 e. The smallest absolute Gasteiger partial charge is 0.254 e. The third-order valence-electron chi connectivity index (χ3n) is 3.15. The minimum Gasteiger partial charge on any atom is -0.472 e. The van der Waals surface area contributed by atoms with Gasteiger partial charge in [0.25, 0.3) is 5.91 Å². The van der Waals surface area contributed by atoms with Crippen LogP contribution in [0.1, 0.15) is 35.9 Å². The third-order valence-corrected chi connectivity index (χ3v) is 3.47. The molecule has 2 aromatic heterocycles. The number of nitrogens with zero attached hydrogens (tertiary/aromatic N) is 2. The highest BCUT2D eigenvalue weighted by Crippen LogP contribution is 2.10. The molecule has 2 aromatic rings. The van der Waals surface area contributed by atoms with Crippen LogP contribution in [0.2, 0.25) is 0 Å². The lowest BCUT2D eigenvalue weighted by Gasteiger charge is -2.10. The Labute approximate surface area is 138 Å². The molecule has 0 aromatic carbocycles. The first kappa shape index (κ1) is 16.9. The molecule has 9 heteroatoms. The highest BCUT2D eigenvalue weighted by Gasteiger charge is 2.11. The fourth-order valence-corrected chi connectivity index (χ4v) is 2.24. The van der Waals surface area contributed by atoms with Crippen LogP contribution in [0, 0.1) is 4.77 Å². The van der Waals surface area contributed by atoms with Gasteiger partial charge in [0.2, 0.25) is 5.91 Å². The van der Waals surface area contributed by atoms with Crippen molar-refractivity contribution in [2.75, 3.05) is 13.1 Å². The number of amides is 2. The molecular formula is C14H19N5O3S. The van der Waals surface area contributed by atoms with Gasteiger partial charge in [-0.2, -0.15) is 5.10 Å². The van der Waals surface area contributed by atoms with Crippen molar-refractivity contribution in [2.24, 2.45) is 0 Å². The van der Waals surface area contributed by atoms with Gasteiger partial charge in [0.1, 0.15) is 12.1 Å². The summed E-state index contributed by atoms with van der Waals surface area (Å²) in [6.07, 6.45) is 2.72. The Hall–Kier alpha value is -2.42. The minimum absolute atomic E-state index is 0.0994. The van der Waals surface area contributed by atoms with Crippen molar-refractivity contribution in [3.63, 3.8) is 0 Å². The highest BCUT2D eigenvalue weighted by molar-refractivity contribution is 7.71. The summed E-state index contributed by atoms with van der Waals surface area (Å²) in [4.78, 5) is 23.4. The van der Waals surface area contributed by atoms with E-state index in [-0.39, 0.29) is 24.3 Å². The molecule has 23 heavy (non-hydrogen) atoms. The van der Waals surface area contributed by atoms with E-state index < -0.39 is 0 Å². The molecule has 0 radical (unpaired) electrons. The number of carbonyl (C=O) groups is 2. The standard InChI is InChI=1S/C14H19N5O3S/c1-9(2)12-17-18-14(23)19(12)5-4-15-11(20)7-16-13(21)10-3-6-22-8-10/h3,6,8-9H,4-5,7H2,1-2H3,(H,15,20)(H,16,21)(H,18,23). The van der Waals surface area contributed by atoms with Crippen LogP contribution >= 0.6 is 12.2 Å². The van der Waals surface area contributed by atoms with Crippen molar-refractivity contribution in [1.82, 2.24) is 25.4 Å². The van der Waals surface area contributed by atoms with Crippen LogP contribution in [0.3, 0.4) is 0 Å². The normalized spacial score (nSPS) is 10.7. The number of H-pyrrole nitrogens is 1. The maximum absolute atomic E-state index is 11.7. The van der Waals surface area contributed by atoms with Crippen LogP contribution in [0.15, 0.2) is 23.0 Å². The molecule has 2 heterocycles. The summed E-state index contributed by atoms with van der Waals surface area (Å²) in [5.41, 5.74) is 0.379. The average molecular weight is 337 g/mol. The van der Waals surface area contributed by atoms with Crippen LogP contribution in [-0.4, -0.2) is 39.7 Å². The van der Waals surface area contributed by atoms with Gasteiger partial charge >= 0.3 is 0 Å². The van der Waals surface area contributed by atoms with Gasteiger partial charge in [-0.15, -0.1) is 0 Å². The van der Waals surface area contributed by atoms with E-state index in [2.05, 4.69) is 20.8 Å². The lowest BCUT2D eigenvalue weighted by molar-refractivity contribution is -0.120. The number of rotatable bonds is 7. The Bertz CT molecular complexity index is 717. The molecule has 0 fully saturated rings. The number of nitrogens with one attached hydrogen (secondary N) is 3. The Balaban J connectivity index is 1.76. The molecule has 3 N–H and O–H groups in total. The van der Waals surface area contributed by atoms with E-state index in [1.165, 1.54) is 18.6 Å². The molecule has 0 unspecified atom stereocenters. The zero-order chi connectivity index (χ0) is 16.8. The van der Waals surface area contributed by atoms with Crippen molar-refractivity contribution in [3.8, 4) is 0 Å². The number of hydrogen-bond donors (Lipinski definition) is 3. The molecule has 8 nitrogen and oxygen atoms in total. The van der Waals surface area contributed by atoms with Gasteiger partial charge in [-0.3, -0.25) is 14.7 Å². The maximum Gasteiger partial charge on any atom is 0.254 e. The van der Waals surface area contributed by atoms with Gasteiger partial charge in [-0.1, -0.05) is 13.8 Å². The summed E-state index contributed by atoms with van der Waals surface area (Å²) >= 11 is 5.17. The van der Waals surface area contributed by atoms with Crippen molar-refractivity contribution in [1.29, 1.82) is 0 Å². The van der Waals surface area contributed by atoms with Gasteiger partial charge in [0, 0.05) is 19.0 Å². The van der Waals surface area contributed by atoms with Crippen molar-refractivity contribution in [3.05, 3.63) is 34.8 Å². The molecule has 0 aliphatic rings. The van der Waals surface area contributed by atoms with Crippen molar-refractivity contribution in [2.45, 2.75) is 26.3 Å². The first-order chi connectivity index (χ1) is 11.0. The van der Waals surface area contributed by atoms with Gasteiger partial charge < -0.3 is 19.6 Å². The molecule has 124 valence electrons. The Morgan fingerprint density at radius 3 is 2.87 bits per heavy atom. The third kappa shape index (κ3) is 4.52. The maximum atomic E-state index is 11.7. The Kier molecular flexibility index (Phi) is 5.69. The van der Waals surface area contributed by atoms with E-state index in [1.807, 2.05) is 18.4 Å². The molecule has 0 bridgehead atoms. The van der Waals surface area contributed by atoms with E-state index in [9.17, 15) is 9.59 Å². The molecular weight excluding hydrogens is 318 g/mol. The summed E-state index contributed by atoms with van der Waals surface area (Å²) < 4.78 is 7.18. The van der Waals surface area contributed by atoms with E-state index >= 15 is 0 Å². The first-order valence-electron chi connectivity index (χ1n) is 7.21. The summed E-state index contributed by atoms with van der Waals surface area (Å²) in [5.74, 6) is 0.446. The number of hydrogen-bond acceptors (Lipinski definition) is 5. The Morgan fingerprint density at radius 1 is 1.43 bits per heavy atom. The summed E-state index contributed by atoms with van der Waals surface area (Å²) in [6, 6.07) is 1.53. The average Bonchev–Trinajstić information content (AvgIpc) is 3.15. The molecule has 2 amide bonds. The van der Waals surface area contributed by atoms with E-state index in [0.29, 0.717) is 23.4 Å². The number of furan rings is 1. The monoisotopic (exact) mass is 337 g/mol. The first-order valence-corrected chi connectivity index (χ1v) is 7.62. The van der Waals surface area contributed by atoms with Crippen LogP contribution in [0.5, 0.6) is 0 Å². The summed E-state index contributed by atoms with van der Waals surface area (Å²) in [7, 11) is 0. The van der Waals surface area contributed by atoms with Crippen molar-refractivity contribution < 1.29 is 14.0 Å². The lowest BCUT2D eigenvalue weighted by Crippen LogP contribution is -2.38. The molecule has 0 saturated carbocycles. The van der Waals surface area contributed by atoms with Crippen LogP contribution < -0.4 is 10.6 Å². The fourth-order valence-electron chi connectivity index (χ4n) is 2.01. The number of carbonyl (C=O) groups excluding carboxylic acids is 2. The number of aromatic amines is 1. The van der Waals surface area contributed by atoms with Crippen LogP contribution in [0.4, 0.5) is 0 Å². The van der Waals surface area contributed by atoms with Gasteiger partial charge in [0.15, 0.2) is 4.77 Å². The van der Waals surface area contributed by atoms with E-state index in [4.69, 9.17) is 16.6 Å². The summed E-state index contributed by atoms with van der Waals surface area (Å²) in [6.45, 7) is 4.85. The zero-order valence-electron chi connectivity index (χ0n) is 13.0. The van der Waals surface area contributed by atoms with Gasteiger partial charge in [0.05, 0.1) is 18.4 Å². The molecule has 0 saturated heterocycles. The van der Waals surface area contributed by atoms with Crippen molar-refractivity contribution >= 4 is 24.0 Å². The Morgan fingerprint density at radius 2 is 2.22 bits per heavy atom. The molecule has 0 aliphatic heterocycles. The van der Waals surface area contributed by atoms with Gasteiger partial charge in [-0.25, -0.2) is 0 Å². The lowest BCUT2D eigenvalue weighted by atomic mass is 10.2. The van der Waals surface area contributed by atoms with Gasteiger partial charge in [-0.05, 0) is 18.3 Å². The quantitative estimate of drug-likeness (QED) is 0.659. The topological polar surface area (TPSA) is 105 Å². The van der Waals surface area contributed by atoms with E-state index in [1.54, 1.807) is 0 Å². The fraction of sp³-hybridized carbons (Fsp3) is 0.429. The van der Waals surface area contributed by atoms with Crippen LogP contribution in [-0.2, 0) is 11.3 Å². The number of aromatic nitrogens is 3. The second-order valence-electron chi connectivity index (χ2n) is 5.24. The highest BCUT2D eigenvalue weighted by atomic mass is 32.1. The second kappa shape index (κ2) is 7.73. The zero-order valence-corrected chi connectivity index (χ0v) is 13.8. The molecule has 0 spiro atoms. The van der Waals surface area contributed by atoms with Crippen LogP contribution in [0.25, 0.3) is 0 Å². The molecule has 0 atom stereocenters. The predicted molar refractivity (Wildman–Crippen MR) is 85.6 cm³/mol. The molecule has 0 aliphatic carbocycles. The van der Waals surface area contributed by atoms with E-state index in [0.717, 1.165) is 5.82 Å². The second-order valence-corrected chi connectivity index (χ2v) is 5.62.